The summed E-state index contributed by atoms with van der Waals surface area (Å²) >= 11 is 0. The summed E-state index contributed by atoms with van der Waals surface area (Å²) in [4.78, 5) is 11.1. The molecule has 0 amide bonds. The van der Waals surface area contributed by atoms with E-state index in [2.05, 4.69) is 34.3 Å². The van der Waals surface area contributed by atoms with E-state index in [4.69, 9.17) is 0 Å². The van der Waals surface area contributed by atoms with Gasteiger partial charge in [-0.25, -0.2) is 9.97 Å². The van der Waals surface area contributed by atoms with Gasteiger partial charge in [-0.05, 0) is 32.0 Å². The van der Waals surface area contributed by atoms with E-state index in [1.165, 1.54) is 0 Å². The molecule has 1 N–H and O–H groups in total. The topological polar surface area (TPSA) is 41.1 Å². The first-order valence-electron chi connectivity index (χ1n) is 7.04. The Morgan fingerprint density at radius 2 is 1.95 bits per heavy atom. The normalized spacial score (nSPS) is 10.6. The molecule has 0 spiro atoms. The Bertz CT molecular complexity index is 539. The molecule has 1 aromatic carbocycles. The Hall–Kier alpha value is -1.94. The summed E-state index contributed by atoms with van der Waals surface area (Å²) in [5.74, 6) is 0.730. The van der Waals surface area contributed by atoms with Gasteiger partial charge in [-0.3, -0.25) is 0 Å². The van der Waals surface area contributed by atoms with Crippen LogP contribution in [0.5, 0.6) is 0 Å². The van der Waals surface area contributed by atoms with Crippen molar-refractivity contribution in [1.29, 1.82) is 0 Å². The smallest absolute Gasteiger partial charge is 0.229 e. The Labute approximate surface area is 120 Å². The molecule has 0 saturated carbocycles. The molecule has 0 saturated heterocycles. The summed E-state index contributed by atoms with van der Waals surface area (Å²) < 4.78 is 0. The third kappa shape index (κ3) is 3.54. The van der Waals surface area contributed by atoms with E-state index in [1.807, 2.05) is 43.3 Å². The first-order chi connectivity index (χ1) is 9.72. The lowest BCUT2D eigenvalue weighted by Gasteiger charge is -2.18. The number of aryl methyl sites for hydroxylation is 1. The molecule has 0 aliphatic rings. The van der Waals surface area contributed by atoms with E-state index in [1.54, 1.807) is 0 Å². The van der Waals surface area contributed by atoms with Crippen molar-refractivity contribution in [2.75, 3.05) is 18.5 Å². The molecule has 2 aromatic rings. The van der Waals surface area contributed by atoms with Gasteiger partial charge in [0.15, 0.2) is 0 Å². The minimum Gasteiger partial charge on any atom is -0.314 e. The molecule has 20 heavy (non-hydrogen) atoms. The van der Waals surface area contributed by atoms with Crippen LogP contribution in [0.2, 0.25) is 0 Å². The van der Waals surface area contributed by atoms with Gasteiger partial charge in [-0.2, -0.15) is 0 Å². The van der Waals surface area contributed by atoms with Crippen LogP contribution in [0.1, 0.15) is 24.6 Å². The highest BCUT2D eigenvalue weighted by Crippen LogP contribution is 2.19. The van der Waals surface area contributed by atoms with Crippen molar-refractivity contribution in [2.24, 2.45) is 0 Å². The molecule has 0 atom stereocenters. The molecule has 0 fully saturated rings. The van der Waals surface area contributed by atoms with Crippen molar-refractivity contribution in [2.45, 2.75) is 26.8 Å². The zero-order valence-corrected chi connectivity index (χ0v) is 12.4. The quantitative estimate of drug-likeness (QED) is 0.819. The Morgan fingerprint density at radius 3 is 2.60 bits per heavy atom. The Kier molecular flexibility index (Phi) is 5.07. The second-order valence-corrected chi connectivity index (χ2v) is 4.85. The van der Waals surface area contributed by atoms with E-state index >= 15 is 0 Å². The molecule has 1 heterocycles. The molecule has 4 nitrogen and oxygen atoms in total. The van der Waals surface area contributed by atoms with Crippen LogP contribution in [-0.4, -0.2) is 23.6 Å². The summed E-state index contributed by atoms with van der Waals surface area (Å²) in [6.07, 6.45) is 3.05. The first kappa shape index (κ1) is 14.5. The predicted molar refractivity (Wildman–Crippen MR) is 83.3 cm³/mol. The van der Waals surface area contributed by atoms with Crippen molar-refractivity contribution >= 4 is 11.6 Å². The monoisotopic (exact) mass is 270 g/mol. The van der Waals surface area contributed by atoms with Gasteiger partial charge in [0.25, 0.3) is 0 Å². The largest absolute Gasteiger partial charge is 0.314 e. The molecule has 106 valence electrons. The minimum absolute atomic E-state index is 0.730. The lowest BCUT2D eigenvalue weighted by molar-refractivity contribution is 0.668. The molecular formula is C16H22N4. The van der Waals surface area contributed by atoms with Gasteiger partial charge in [-0.15, -0.1) is 0 Å². The summed E-state index contributed by atoms with van der Waals surface area (Å²) in [7, 11) is 1.99. The maximum absolute atomic E-state index is 4.60. The molecule has 0 aliphatic carbocycles. The zero-order chi connectivity index (χ0) is 14.4. The number of nitrogens with zero attached hydrogens (tertiary/aromatic N) is 3. The number of anilines is 2. The van der Waals surface area contributed by atoms with Gasteiger partial charge < -0.3 is 10.2 Å². The summed E-state index contributed by atoms with van der Waals surface area (Å²) in [5, 5.41) is 3.38. The Morgan fingerprint density at radius 1 is 1.20 bits per heavy atom. The number of benzene rings is 1. The van der Waals surface area contributed by atoms with Crippen LogP contribution in [0.25, 0.3) is 0 Å². The number of rotatable bonds is 6. The first-order valence-corrected chi connectivity index (χ1v) is 7.04. The summed E-state index contributed by atoms with van der Waals surface area (Å²) in [6, 6.07) is 10.1. The van der Waals surface area contributed by atoms with E-state index in [-0.39, 0.29) is 0 Å². The van der Waals surface area contributed by atoms with Crippen LogP contribution in [-0.2, 0) is 6.54 Å². The number of para-hydroxylation sites is 1. The fourth-order valence-electron chi connectivity index (χ4n) is 1.98. The third-order valence-corrected chi connectivity index (χ3v) is 3.25. The van der Waals surface area contributed by atoms with Gasteiger partial charge in [0.05, 0.1) is 0 Å². The van der Waals surface area contributed by atoms with Gasteiger partial charge >= 0.3 is 0 Å². The Balaban J connectivity index is 2.12. The van der Waals surface area contributed by atoms with Gasteiger partial charge in [0, 0.05) is 36.7 Å². The van der Waals surface area contributed by atoms with Crippen LogP contribution >= 0.6 is 0 Å². The van der Waals surface area contributed by atoms with Crippen LogP contribution < -0.4 is 10.2 Å². The lowest BCUT2D eigenvalue weighted by atomic mass is 10.2. The number of nitrogens with one attached hydrogen (secondary N) is 1. The molecular weight excluding hydrogens is 248 g/mol. The van der Waals surface area contributed by atoms with Crippen LogP contribution in [0, 0.1) is 6.92 Å². The van der Waals surface area contributed by atoms with Crippen LogP contribution in [0.3, 0.4) is 0 Å². The molecule has 0 unspecified atom stereocenters. The molecule has 0 aliphatic heterocycles. The number of hydrogen-bond acceptors (Lipinski definition) is 4. The second kappa shape index (κ2) is 7.01. The van der Waals surface area contributed by atoms with Crippen molar-refractivity contribution in [3.05, 3.63) is 47.8 Å². The predicted octanol–water partition coefficient (Wildman–Crippen LogP) is 3.05. The van der Waals surface area contributed by atoms with E-state index in [9.17, 15) is 0 Å². The standard InChI is InChI=1S/C16H22N4/c1-4-10-17-11-14-12-18-16(19-13(14)2)20(3)15-8-6-5-7-9-15/h5-9,12,17H,4,10-11H2,1-3H3. The van der Waals surface area contributed by atoms with E-state index < -0.39 is 0 Å². The molecule has 4 heteroatoms. The number of aromatic nitrogens is 2. The molecule has 2 rings (SSSR count). The fourth-order valence-corrected chi connectivity index (χ4v) is 1.98. The van der Waals surface area contributed by atoms with Gasteiger partial charge in [0.1, 0.15) is 0 Å². The maximum atomic E-state index is 4.60. The van der Waals surface area contributed by atoms with Crippen molar-refractivity contribution in [3.8, 4) is 0 Å². The molecule has 0 radical (unpaired) electrons. The summed E-state index contributed by atoms with van der Waals surface area (Å²) in [6.45, 7) is 6.04. The minimum atomic E-state index is 0.730. The molecule has 0 bridgehead atoms. The average molecular weight is 270 g/mol. The van der Waals surface area contributed by atoms with Crippen LogP contribution in [0.15, 0.2) is 36.5 Å². The van der Waals surface area contributed by atoms with Crippen molar-refractivity contribution in [3.63, 3.8) is 0 Å². The lowest BCUT2D eigenvalue weighted by Crippen LogP contribution is -2.17. The maximum Gasteiger partial charge on any atom is 0.229 e. The second-order valence-electron chi connectivity index (χ2n) is 4.85. The highest BCUT2D eigenvalue weighted by atomic mass is 15.2. The highest BCUT2D eigenvalue weighted by molar-refractivity contribution is 5.55. The molecule has 1 aromatic heterocycles. The van der Waals surface area contributed by atoms with Crippen molar-refractivity contribution < 1.29 is 0 Å². The fraction of sp³-hybridized carbons (Fsp3) is 0.375. The van der Waals surface area contributed by atoms with E-state index in [0.717, 1.165) is 42.4 Å². The van der Waals surface area contributed by atoms with E-state index in [0.29, 0.717) is 0 Å². The van der Waals surface area contributed by atoms with Crippen molar-refractivity contribution in [1.82, 2.24) is 15.3 Å². The SMILES string of the molecule is CCCNCc1cnc(N(C)c2ccccc2)nc1C. The third-order valence-electron chi connectivity index (χ3n) is 3.25. The zero-order valence-electron chi connectivity index (χ0n) is 12.4. The van der Waals surface area contributed by atoms with Crippen LogP contribution in [0.4, 0.5) is 11.6 Å². The summed E-state index contributed by atoms with van der Waals surface area (Å²) in [5.41, 5.74) is 3.27. The number of hydrogen-bond donors (Lipinski definition) is 1. The van der Waals surface area contributed by atoms with Gasteiger partial charge in [0.2, 0.25) is 5.95 Å². The van der Waals surface area contributed by atoms with Gasteiger partial charge in [-0.1, -0.05) is 25.1 Å². The average Bonchev–Trinajstić information content (AvgIpc) is 2.49. The highest BCUT2D eigenvalue weighted by Gasteiger charge is 2.08.